The molecule has 0 aromatic heterocycles. The van der Waals surface area contributed by atoms with Crippen LogP contribution >= 0.6 is 0 Å². The highest BCUT2D eigenvalue weighted by Crippen LogP contribution is 2.28. The summed E-state index contributed by atoms with van der Waals surface area (Å²) < 4.78 is 0. The smallest absolute Gasteiger partial charge is 0.251 e. The summed E-state index contributed by atoms with van der Waals surface area (Å²) in [6, 6.07) is 16.4. The normalized spacial score (nSPS) is 21.7. The molecule has 1 fully saturated rings. The number of nitrogens with zero attached hydrogens (tertiary/aromatic N) is 1. The molecule has 148 valence electrons. The average molecular weight is 388 g/mol. The predicted molar refractivity (Wildman–Crippen MR) is 110 cm³/mol. The Hall–Kier alpha value is -3.17. The highest BCUT2D eigenvalue weighted by Gasteiger charge is 2.29. The largest absolute Gasteiger partial charge is 0.368 e. The van der Waals surface area contributed by atoms with E-state index in [4.69, 9.17) is 5.73 Å². The highest BCUT2D eigenvalue weighted by atomic mass is 16.2. The number of carbonyl (C=O) groups is 2. The number of nitriles is 1. The zero-order valence-corrected chi connectivity index (χ0v) is 16.2. The minimum Gasteiger partial charge on any atom is -0.368 e. The van der Waals surface area contributed by atoms with E-state index in [9.17, 15) is 14.9 Å². The third-order valence-corrected chi connectivity index (χ3v) is 6.06. The van der Waals surface area contributed by atoms with Crippen LogP contribution in [0.4, 0.5) is 0 Å². The molecule has 6 nitrogen and oxygen atoms in total. The quantitative estimate of drug-likeness (QED) is 0.729. The van der Waals surface area contributed by atoms with Crippen LogP contribution in [0.2, 0.25) is 0 Å². The SMILES string of the molecule is N#CC(Cc1ccc(-c2ccc3c(c2)CNC3=O)cc1)C1CCC(C(N)=O)NC1. The maximum Gasteiger partial charge on any atom is 0.251 e. The van der Waals surface area contributed by atoms with E-state index in [-0.39, 0.29) is 29.7 Å². The molecule has 2 aromatic carbocycles. The molecule has 1 saturated heterocycles. The third kappa shape index (κ3) is 4.01. The Labute approximate surface area is 170 Å². The number of piperidine rings is 1. The number of amides is 2. The fraction of sp³-hybridized carbons (Fsp3) is 0.348. The molecular formula is C23H24N4O2. The molecule has 29 heavy (non-hydrogen) atoms. The van der Waals surface area contributed by atoms with Gasteiger partial charge >= 0.3 is 0 Å². The van der Waals surface area contributed by atoms with E-state index in [1.165, 1.54) is 0 Å². The molecule has 0 spiro atoms. The molecule has 2 amide bonds. The number of rotatable bonds is 5. The molecular weight excluding hydrogens is 364 g/mol. The molecule has 2 aliphatic rings. The highest BCUT2D eigenvalue weighted by molar-refractivity contribution is 5.98. The number of nitrogens with one attached hydrogen (secondary N) is 2. The predicted octanol–water partition coefficient (Wildman–Crippen LogP) is 2.13. The van der Waals surface area contributed by atoms with E-state index in [1.54, 1.807) is 0 Å². The van der Waals surface area contributed by atoms with E-state index in [0.717, 1.165) is 34.2 Å². The second-order valence-corrected chi connectivity index (χ2v) is 7.89. The van der Waals surface area contributed by atoms with E-state index >= 15 is 0 Å². The lowest BCUT2D eigenvalue weighted by atomic mass is 9.81. The van der Waals surface area contributed by atoms with Crippen molar-refractivity contribution in [2.45, 2.75) is 31.8 Å². The summed E-state index contributed by atoms with van der Waals surface area (Å²) in [6.07, 6.45) is 2.21. The van der Waals surface area contributed by atoms with Crippen molar-refractivity contribution in [3.8, 4) is 17.2 Å². The minimum absolute atomic E-state index is 0.0104. The first-order valence-corrected chi connectivity index (χ1v) is 9.98. The van der Waals surface area contributed by atoms with Crippen molar-refractivity contribution in [1.82, 2.24) is 10.6 Å². The summed E-state index contributed by atoms with van der Waals surface area (Å²) in [4.78, 5) is 23.0. The summed E-state index contributed by atoms with van der Waals surface area (Å²) in [6.45, 7) is 1.22. The van der Waals surface area contributed by atoms with Crippen molar-refractivity contribution in [1.29, 1.82) is 5.26 Å². The molecule has 2 aromatic rings. The molecule has 6 heteroatoms. The van der Waals surface area contributed by atoms with Gasteiger partial charge in [0.2, 0.25) is 5.91 Å². The van der Waals surface area contributed by atoms with E-state index in [0.29, 0.717) is 25.9 Å². The first-order chi connectivity index (χ1) is 14.0. The Balaban J connectivity index is 1.42. The Morgan fingerprint density at radius 2 is 1.93 bits per heavy atom. The first-order valence-electron chi connectivity index (χ1n) is 9.98. The summed E-state index contributed by atoms with van der Waals surface area (Å²) in [7, 11) is 0. The van der Waals surface area contributed by atoms with Gasteiger partial charge in [0.25, 0.3) is 5.91 Å². The number of carbonyl (C=O) groups excluding carboxylic acids is 2. The van der Waals surface area contributed by atoms with Crippen molar-refractivity contribution >= 4 is 11.8 Å². The van der Waals surface area contributed by atoms with Gasteiger partial charge in [-0.3, -0.25) is 9.59 Å². The van der Waals surface area contributed by atoms with Gasteiger partial charge in [0.15, 0.2) is 0 Å². The van der Waals surface area contributed by atoms with Crippen molar-refractivity contribution in [2.75, 3.05) is 6.54 Å². The molecule has 2 heterocycles. The van der Waals surface area contributed by atoms with Crippen LogP contribution in [0.3, 0.4) is 0 Å². The summed E-state index contributed by atoms with van der Waals surface area (Å²) >= 11 is 0. The number of primary amides is 1. The Morgan fingerprint density at radius 1 is 1.17 bits per heavy atom. The van der Waals surface area contributed by atoms with E-state index < -0.39 is 0 Å². The van der Waals surface area contributed by atoms with Crippen LogP contribution in [0, 0.1) is 23.2 Å². The lowest BCUT2D eigenvalue weighted by Gasteiger charge is -2.30. The van der Waals surface area contributed by atoms with Gasteiger partial charge in [-0.25, -0.2) is 0 Å². The van der Waals surface area contributed by atoms with Crippen LogP contribution < -0.4 is 16.4 Å². The molecule has 3 unspecified atom stereocenters. The molecule has 3 atom stereocenters. The Bertz CT molecular complexity index is 969. The van der Waals surface area contributed by atoms with Gasteiger partial charge in [0.05, 0.1) is 18.0 Å². The molecule has 0 aliphatic carbocycles. The molecule has 0 bridgehead atoms. The van der Waals surface area contributed by atoms with Crippen molar-refractivity contribution in [3.63, 3.8) is 0 Å². The molecule has 4 rings (SSSR count). The first kappa shape index (κ1) is 19.2. The van der Waals surface area contributed by atoms with Crippen LogP contribution in [0.15, 0.2) is 42.5 Å². The maximum absolute atomic E-state index is 11.7. The standard InChI is InChI=1S/C23H24N4O2/c24-11-18(17-6-8-21(22(25)28)26-12-17)9-14-1-3-15(4-2-14)16-5-7-20-19(10-16)13-27-23(20)29/h1-5,7,10,17-18,21,26H,6,8-9,12-13H2,(H2,25,28)(H,27,29). The van der Waals surface area contributed by atoms with Crippen LogP contribution in [-0.4, -0.2) is 24.4 Å². The van der Waals surface area contributed by atoms with Gasteiger partial charge in [-0.05, 0) is 66.1 Å². The van der Waals surface area contributed by atoms with Crippen molar-refractivity contribution in [3.05, 3.63) is 59.2 Å². The fourth-order valence-corrected chi connectivity index (χ4v) is 4.28. The molecule has 4 N–H and O–H groups in total. The van der Waals surface area contributed by atoms with Gasteiger partial charge in [0, 0.05) is 12.1 Å². The molecule has 0 saturated carbocycles. The maximum atomic E-state index is 11.7. The van der Waals surface area contributed by atoms with Crippen molar-refractivity contribution < 1.29 is 9.59 Å². The van der Waals surface area contributed by atoms with Gasteiger partial charge in [-0.15, -0.1) is 0 Å². The number of benzene rings is 2. The topological polar surface area (TPSA) is 108 Å². The van der Waals surface area contributed by atoms with Crippen molar-refractivity contribution in [2.24, 2.45) is 17.6 Å². The van der Waals surface area contributed by atoms with Gasteiger partial charge in [0.1, 0.15) is 0 Å². The molecule has 0 radical (unpaired) electrons. The monoisotopic (exact) mass is 388 g/mol. The van der Waals surface area contributed by atoms with Gasteiger partial charge < -0.3 is 16.4 Å². The summed E-state index contributed by atoms with van der Waals surface area (Å²) in [5.74, 6) is -0.209. The van der Waals surface area contributed by atoms with Crippen LogP contribution in [0.5, 0.6) is 0 Å². The number of hydrogen-bond acceptors (Lipinski definition) is 4. The average Bonchev–Trinajstić information content (AvgIpc) is 3.12. The summed E-state index contributed by atoms with van der Waals surface area (Å²) in [5, 5.41) is 15.7. The van der Waals surface area contributed by atoms with E-state index in [2.05, 4.69) is 47.0 Å². The minimum atomic E-state index is -0.320. The molecule has 2 aliphatic heterocycles. The van der Waals surface area contributed by atoms with Crippen LogP contribution in [0.1, 0.15) is 34.3 Å². The van der Waals surface area contributed by atoms with Gasteiger partial charge in [-0.1, -0.05) is 30.3 Å². The zero-order valence-electron chi connectivity index (χ0n) is 16.2. The van der Waals surface area contributed by atoms with Crippen LogP contribution in [-0.2, 0) is 17.8 Å². The zero-order chi connectivity index (χ0) is 20.4. The summed E-state index contributed by atoms with van der Waals surface area (Å²) in [5.41, 5.74) is 10.4. The number of fused-ring (bicyclic) bond motifs is 1. The Morgan fingerprint density at radius 3 is 2.59 bits per heavy atom. The van der Waals surface area contributed by atoms with Gasteiger partial charge in [-0.2, -0.15) is 5.26 Å². The number of hydrogen-bond donors (Lipinski definition) is 3. The van der Waals surface area contributed by atoms with Crippen LogP contribution in [0.25, 0.3) is 11.1 Å². The Kier molecular flexibility index (Phi) is 5.32. The lowest BCUT2D eigenvalue weighted by Crippen LogP contribution is -2.48. The lowest BCUT2D eigenvalue weighted by molar-refractivity contribution is -0.120. The second kappa shape index (κ2) is 8.06. The van der Waals surface area contributed by atoms with E-state index in [1.807, 2.05) is 12.1 Å². The fourth-order valence-electron chi connectivity index (χ4n) is 4.28. The number of nitrogens with two attached hydrogens (primary N) is 1. The second-order valence-electron chi connectivity index (χ2n) is 7.89. The third-order valence-electron chi connectivity index (χ3n) is 6.06.